The van der Waals surface area contributed by atoms with E-state index in [0.717, 1.165) is 12.1 Å². The third-order valence-corrected chi connectivity index (χ3v) is 2.72. The molecule has 10 heteroatoms. The average Bonchev–Trinajstić information content (AvgIpc) is 2.26. The molecule has 0 aliphatic carbocycles. The van der Waals surface area contributed by atoms with E-state index in [4.69, 9.17) is 0 Å². The number of benzene rings is 1. The first-order valence-corrected chi connectivity index (χ1v) is 6.51. The van der Waals surface area contributed by atoms with Gasteiger partial charge in [-0.15, -0.1) is 0 Å². The molecule has 0 spiro atoms. The van der Waals surface area contributed by atoms with Crippen LogP contribution >= 0.6 is 7.82 Å². The van der Waals surface area contributed by atoms with Gasteiger partial charge in [0.05, 0.1) is 4.92 Å². The predicted octanol–water partition coefficient (Wildman–Crippen LogP) is -1.36. The molecule has 0 bridgehead atoms. The first kappa shape index (κ1) is 17.9. The number of phosphoric acid groups is 1. The number of nitrogens with zero attached hydrogens (tertiary/aromatic N) is 1. The van der Waals surface area contributed by atoms with E-state index in [1.165, 1.54) is 12.1 Å². The van der Waals surface area contributed by atoms with Crippen molar-refractivity contribution in [2.24, 2.45) is 0 Å². The van der Waals surface area contributed by atoms with Gasteiger partial charge in [0.2, 0.25) is 0 Å². The van der Waals surface area contributed by atoms with Gasteiger partial charge in [-0.25, -0.2) is 4.57 Å². The van der Waals surface area contributed by atoms with Crippen molar-refractivity contribution in [1.82, 2.24) is 0 Å². The Morgan fingerprint density at radius 2 is 1.94 bits per heavy atom. The maximum Gasteiger partial charge on any atom is 1.00 e. The second-order valence-electron chi connectivity index (χ2n) is 2.85. The van der Waals surface area contributed by atoms with E-state index >= 15 is 0 Å². The van der Waals surface area contributed by atoms with Crippen LogP contribution in [0.5, 0.6) is 5.75 Å². The van der Waals surface area contributed by atoms with E-state index in [0.29, 0.717) is 0 Å². The number of non-ortho nitro benzene ring substituents is 1. The van der Waals surface area contributed by atoms with Gasteiger partial charge in [0, 0.05) is 18.7 Å². The Hall–Kier alpha value is -0.0800. The fraction of sp³-hybridized carbons (Fsp3) is 0.250. The summed E-state index contributed by atoms with van der Waals surface area (Å²) in [6.07, 6.45) is 0. The third-order valence-electron chi connectivity index (χ3n) is 1.61. The Labute approximate surface area is 131 Å². The molecule has 1 unspecified atom stereocenters. The standard InChI is InChI=1S/C8H10NO6PS.Na/c10-9(11)7-1-3-8(4-2-7)15-16(12,13)14-5-6-17;/h1-4,17H,5-6H2,(H,12,13);/q;+1/p-1. The molecule has 0 amide bonds. The smallest absolute Gasteiger partial charge is 0.790 e. The number of nitro benzene ring substituents is 1. The van der Waals surface area contributed by atoms with E-state index in [9.17, 15) is 19.6 Å². The van der Waals surface area contributed by atoms with Crippen LogP contribution in [-0.2, 0) is 21.7 Å². The van der Waals surface area contributed by atoms with Gasteiger partial charge in [-0.05, 0) is 12.1 Å². The van der Waals surface area contributed by atoms with Crippen molar-refractivity contribution >= 4 is 26.1 Å². The van der Waals surface area contributed by atoms with Crippen LogP contribution in [0.25, 0.3) is 0 Å². The number of nitro groups is 1. The molecule has 0 saturated carbocycles. The monoisotopic (exact) mass is 301 g/mol. The summed E-state index contributed by atoms with van der Waals surface area (Å²) in [5.41, 5.74) is -0.142. The Morgan fingerprint density at radius 1 is 1.39 bits per heavy atom. The largest absolute Gasteiger partial charge is 1.00 e. The molecule has 0 aliphatic rings. The number of hydrogen-bond donors (Lipinski definition) is 1. The van der Waals surface area contributed by atoms with E-state index in [1.807, 2.05) is 0 Å². The first-order chi connectivity index (χ1) is 7.94. The van der Waals surface area contributed by atoms with Crippen molar-refractivity contribution in [2.45, 2.75) is 0 Å². The normalized spacial score (nSPS) is 13.2. The van der Waals surface area contributed by atoms with Crippen molar-refractivity contribution in [1.29, 1.82) is 0 Å². The fourth-order valence-electron chi connectivity index (χ4n) is 0.941. The van der Waals surface area contributed by atoms with Gasteiger partial charge in [0.25, 0.3) is 5.69 Å². The summed E-state index contributed by atoms with van der Waals surface area (Å²) in [5.74, 6) is 0.166. The van der Waals surface area contributed by atoms with Crippen molar-refractivity contribution < 1.29 is 53.0 Å². The molecule has 0 heterocycles. The molecule has 94 valence electrons. The first-order valence-electron chi connectivity index (χ1n) is 4.44. The Kier molecular flexibility index (Phi) is 8.13. The summed E-state index contributed by atoms with van der Waals surface area (Å²) in [7, 11) is -4.21. The summed E-state index contributed by atoms with van der Waals surface area (Å²) >= 11 is 4.54. The molecule has 7 nitrogen and oxygen atoms in total. The SMILES string of the molecule is O=[N+]([O-])c1ccc(OP(=O)(O)OCC[S-])cc1.[Na+]. The van der Waals surface area contributed by atoms with Crippen LogP contribution in [0.3, 0.4) is 0 Å². The maximum atomic E-state index is 11.3. The van der Waals surface area contributed by atoms with Crippen molar-refractivity contribution in [3.63, 3.8) is 0 Å². The fourth-order valence-corrected chi connectivity index (χ4v) is 1.91. The molecule has 0 radical (unpaired) electrons. The summed E-state index contributed by atoms with van der Waals surface area (Å²) in [6, 6.07) is 4.72. The molecule has 0 fully saturated rings. The summed E-state index contributed by atoms with van der Waals surface area (Å²) in [6.45, 7) is -0.0872. The Balaban J connectivity index is 0.00000289. The molecule has 0 saturated heterocycles. The predicted molar refractivity (Wildman–Crippen MR) is 61.7 cm³/mol. The summed E-state index contributed by atoms with van der Waals surface area (Å²) < 4.78 is 20.5. The quantitative estimate of drug-likeness (QED) is 0.228. The molecule has 1 N–H and O–H groups in total. The summed E-state index contributed by atoms with van der Waals surface area (Å²) in [4.78, 5) is 19.0. The van der Waals surface area contributed by atoms with Gasteiger partial charge < -0.3 is 17.2 Å². The van der Waals surface area contributed by atoms with E-state index in [1.54, 1.807) is 0 Å². The molecule has 0 aromatic heterocycles. The second kappa shape index (κ2) is 8.16. The molecule has 1 aromatic carbocycles. The maximum absolute atomic E-state index is 11.3. The van der Waals surface area contributed by atoms with Crippen molar-refractivity contribution in [2.75, 3.05) is 12.4 Å². The van der Waals surface area contributed by atoms with Crippen molar-refractivity contribution in [3.8, 4) is 5.75 Å². The van der Waals surface area contributed by atoms with Crippen LogP contribution < -0.4 is 34.1 Å². The van der Waals surface area contributed by atoms with E-state index in [-0.39, 0.29) is 53.4 Å². The molecule has 1 aromatic rings. The zero-order valence-corrected chi connectivity index (χ0v) is 13.2. The van der Waals surface area contributed by atoms with Gasteiger partial charge in [-0.2, -0.15) is 5.75 Å². The molecular weight excluding hydrogens is 292 g/mol. The number of phosphoric ester groups is 1. The van der Waals surface area contributed by atoms with Crippen LogP contribution in [0.2, 0.25) is 0 Å². The summed E-state index contributed by atoms with van der Waals surface area (Å²) in [5, 5.41) is 10.4. The number of rotatable bonds is 6. The van der Waals surface area contributed by atoms with Crippen LogP contribution in [0.1, 0.15) is 0 Å². The van der Waals surface area contributed by atoms with E-state index < -0.39 is 12.7 Å². The van der Waals surface area contributed by atoms with Crippen LogP contribution in [-0.4, -0.2) is 22.2 Å². The Morgan fingerprint density at radius 3 is 2.39 bits per heavy atom. The van der Waals surface area contributed by atoms with Crippen LogP contribution in [0, 0.1) is 10.1 Å². The zero-order valence-electron chi connectivity index (χ0n) is 9.51. The van der Waals surface area contributed by atoms with Gasteiger partial charge in [-0.1, -0.05) is 0 Å². The Bertz CT molecular complexity index is 442. The zero-order chi connectivity index (χ0) is 12.9. The molecular formula is C8H9NNaO6PS. The van der Waals surface area contributed by atoms with Crippen LogP contribution in [0.15, 0.2) is 24.3 Å². The van der Waals surface area contributed by atoms with E-state index in [2.05, 4.69) is 21.7 Å². The molecule has 0 aliphatic heterocycles. The van der Waals surface area contributed by atoms with Gasteiger partial charge in [-0.3, -0.25) is 19.5 Å². The average molecular weight is 301 g/mol. The van der Waals surface area contributed by atoms with Gasteiger partial charge >= 0.3 is 37.4 Å². The number of hydrogen-bond acceptors (Lipinski definition) is 6. The van der Waals surface area contributed by atoms with Gasteiger partial charge in [0.1, 0.15) is 5.75 Å². The third kappa shape index (κ3) is 6.19. The molecule has 1 rings (SSSR count). The van der Waals surface area contributed by atoms with Crippen molar-refractivity contribution in [3.05, 3.63) is 34.4 Å². The molecule has 18 heavy (non-hydrogen) atoms. The second-order valence-corrected chi connectivity index (χ2v) is 4.63. The van der Waals surface area contributed by atoms with Gasteiger partial charge in [0.15, 0.2) is 0 Å². The minimum absolute atomic E-state index is 0. The molecule has 1 atom stereocenters. The topological polar surface area (TPSA) is 98.9 Å². The minimum atomic E-state index is -4.21. The minimum Gasteiger partial charge on any atom is -0.790 e. The van der Waals surface area contributed by atoms with Crippen LogP contribution in [0.4, 0.5) is 5.69 Å².